The number of rotatable bonds is 29. The summed E-state index contributed by atoms with van der Waals surface area (Å²) in [5.74, 6) is -15.5. The summed E-state index contributed by atoms with van der Waals surface area (Å²) in [6, 6.07) is -7.84. The maximum absolute atomic E-state index is 13.8. The Morgan fingerprint density at radius 1 is 0.382 bits per heavy atom. The van der Waals surface area contributed by atoms with Gasteiger partial charge < -0.3 is 200 Å². The number of ether oxygens (including phenoxy) is 13. The summed E-state index contributed by atoms with van der Waals surface area (Å²) in [4.78, 5) is 78.5. The number of carboxylic acids is 2. The van der Waals surface area contributed by atoms with Crippen LogP contribution >= 0.6 is 0 Å². The summed E-state index contributed by atoms with van der Waals surface area (Å²) in [5, 5.41) is 263. The van der Waals surface area contributed by atoms with Crippen LogP contribution < -0.4 is 21.3 Å². The molecule has 0 bridgehead atoms. The molecule has 0 aromatic rings. The second-order valence-electron chi connectivity index (χ2n) is 25.4. The fourth-order valence-electron chi connectivity index (χ4n) is 13.0. The van der Waals surface area contributed by atoms with Gasteiger partial charge in [0.15, 0.2) is 31.5 Å². The lowest BCUT2D eigenvalue weighted by molar-refractivity contribution is -0.407. The lowest BCUT2D eigenvalue weighted by Gasteiger charge is -2.53. The lowest BCUT2D eigenvalue weighted by atomic mass is 9.88. The van der Waals surface area contributed by atoms with Crippen LogP contribution in [0.1, 0.15) is 40.5 Å². The Kier molecular flexibility index (Phi) is 29.8. The van der Waals surface area contributed by atoms with Gasteiger partial charge in [0.2, 0.25) is 23.6 Å². The van der Waals surface area contributed by atoms with Crippen LogP contribution in [-0.4, -0.2) is 425 Å². The van der Waals surface area contributed by atoms with E-state index in [-0.39, 0.29) is 0 Å². The SMILES string of the molecule is CC(=O)N[C@H]1[C@H](O[C@@H]2[C@H](O[C@]3(C(=O)O)C[C@H](O)[C@@H](NC(C)=O)[C@H]([C@H](O)[C@H](O)CO)O3)[C@@H](O)[C@H](O[C@H]3[C@@H](O)[C@@H](CO)O[C@@H](O[C@@H]4[C@H](O[C@]5(C(=O)O)C[C@H](O)[C@@H](NC(C)=O)[C@H]([C@H](O)[C@H](O)CO)O5)[C@@H](O)[C@H](O[C@H]5[C@H](O)[C@@H](O)[C@H](O)O[C@@H]5CO)O[C@@H]4CO)[C@@H]3NC(C)=O)O[C@@H]2CO)O[C@H](CO)[C@H](O)[C@@H]1O. The quantitative estimate of drug-likeness (QED) is 0.0331. The molecule has 7 saturated heterocycles. The van der Waals surface area contributed by atoms with Gasteiger partial charge in [-0.25, -0.2) is 9.59 Å². The number of aliphatic carboxylic acids is 2. The summed E-state index contributed by atoms with van der Waals surface area (Å²) >= 11 is 0. The molecular weight excluding hydrogens is 1400 g/mol. The van der Waals surface area contributed by atoms with Crippen molar-refractivity contribution >= 4 is 35.6 Å². The summed E-state index contributed by atoms with van der Waals surface area (Å²) in [6.45, 7) is -5.24. The number of hydrogen-bond donors (Lipinski definition) is 27. The number of carbonyl (C=O) groups is 6. The van der Waals surface area contributed by atoms with Gasteiger partial charge >= 0.3 is 11.9 Å². The molecule has 0 unspecified atom stereocenters. The predicted molar refractivity (Wildman–Crippen MR) is 313 cm³/mol. The number of nitrogens with one attached hydrogen (secondary N) is 4. The molecular formula is C56H92N4O42. The van der Waals surface area contributed by atoms with Gasteiger partial charge in [-0.05, 0) is 0 Å². The molecule has 37 atom stereocenters. The number of carbonyl (C=O) groups excluding carboxylic acids is 4. The Bertz CT molecular complexity index is 2770. The van der Waals surface area contributed by atoms with Gasteiger partial charge in [-0.15, -0.1) is 0 Å². The summed E-state index contributed by atoms with van der Waals surface area (Å²) in [6.07, 6.45) is -73.8. The number of hydrogen-bond acceptors (Lipinski definition) is 40. The fourth-order valence-corrected chi connectivity index (χ4v) is 13.0. The van der Waals surface area contributed by atoms with Crippen LogP contribution in [0.15, 0.2) is 0 Å². The van der Waals surface area contributed by atoms with Crippen LogP contribution in [0.5, 0.6) is 0 Å². The number of amides is 4. The molecule has 7 rings (SSSR count). The van der Waals surface area contributed by atoms with Gasteiger partial charge in [0.1, 0.15) is 159 Å². The highest BCUT2D eigenvalue weighted by Crippen LogP contribution is 2.43. The zero-order valence-corrected chi connectivity index (χ0v) is 54.6. The first-order valence-corrected chi connectivity index (χ1v) is 31.9. The van der Waals surface area contributed by atoms with E-state index in [4.69, 9.17) is 61.6 Å². The molecule has 0 aromatic carbocycles. The van der Waals surface area contributed by atoms with Crippen LogP contribution in [0.2, 0.25) is 0 Å². The van der Waals surface area contributed by atoms with Crippen LogP contribution in [0, 0.1) is 0 Å². The largest absolute Gasteiger partial charge is 0.477 e. The molecule has 588 valence electrons. The third-order valence-corrected chi connectivity index (χ3v) is 18.1. The molecule has 0 aliphatic carbocycles. The van der Waals surface area contributed by atoms with Gasteiger partial charge in [-0.3, -0.25) is 19.2 Å². The molecule has 7 heterocycles. The van der Waals surface area contributed by atoms with Crippen LogP contribution in [-0.2, 0) is 90.3 Å². The second-order valence-corrected chi connectivity index (χ2v) is 25.4. The van der Waals surface area contributed by atoms with Crippen LogP contribution in [0.3, 0.4) is 0 Å². The van der Waals surface area contributed by atoms with Crippen molar-refractivity contribution in [1.82, 2.24) is 21.3 Å². The number of aliphatic hydroxyl groups excluding tert-OH is 21. The molecule has 7 aliphatic rings. The van der Waals surface area contributed by atoms with E-state index >= 15 is 0 Å². The van der Waals surface area contributed by atoms with E-state index in [1.165, 1.54) is 0 Å². The molecule has 27 N–H and O–H groups in total. The van der Waals surface area contributed by atoms with Crippen molar-refractivity contribution in [1.29, 1.82) is 0 Å². The molecule has 4 amide bonds. The predicted octanol–water partition coefficient (Wildman–Crippen LogP) is -17.3. The van der Waals surface area contributed by atoms with Gasteiger partial charge in [-0.2, -0.15) is 0 Å². The molecule has 0 saturated carbocycles. The molecule has 46 heteroatoms. The van der Waals surface area contributed by atoms with Crippen molar-refractivity contribution < 1.29 is 208 Å². The highest BCUT2D eigenvalue weighted by molar-refractivity contribution is 5.78. The van der Waals surface area contributed by atoms with Gasteiger partial charge in [0.05, 0.1) is 70.5 Å². The maximum atomic E-state index is 13.8. The molecule has 102 heavy (non-hydrogen) atoms. The Labute approximate surface area is 576 Å². The smallest absolute Gasteiger partial charge is 0.364 e. The maximum Gasteiger partial charge on any atom is 0.364 e. The average Bonchev–Trinajstić information content (AvgIpc) is 0.750. The number of carboxylic acid groups (broad SMARTS) is 2. The third kappa shape index (κ3) is 18.3. The lowest BCUT2D eigenvalue weighted by Crippen LogP contribution is -2.73. The van der Waals surface area contributed by atoms with Crippen molar-refractivity contribution in [2.45, 2.75) is 266 Å². The first-order chi connectivity index (χ1) is 47.9. The third-order valence-electron chi connectivity index (χ3n) is 18.1. The molecule has 0 spiro atoms. The van der Waals surface area contributed by atoms with E-state index in [9.17, 15) is 146 Å². The first-order valence-electron chi connectivity index (χ1n) is 31.9. The summed E-state index contributed by atoms with van der Waals surface area (Å²) in [7, 11) is 0. The van der Waals surface area contributed by atoms with Gasteiger partial charge in [-0.1, -0.05) is 0 Å². The molecule has 46 nitrogen and oxygen atoms in total. The highest BCUT2D eigenvalue weighted by Gasteiger charge is 2.65. The van der Waals surface area contributed by atoms with Crippen molar-refractivity contribution in [2.75, 3.05) is 46.2 Å². The van der Waals surface area contributed by atoms with E-state index in [1.807, 2.05) is 0 Å². The Morgan fingerprint density at radius 3 is 1.09 bits per heavy atom. The van der Waals surface area contributed by atoms with Crippen molar-refractivity contribution in [2.24, 2.45) is 0 Å². The number of aliphatic hydroxyl groups is 21. The Morgan fingerprint density at radius 2 is 0.716 bits per heavy atom. The van der Waals surface area contributed by atoms with Crippen molar-refractivity contribution in [3.05, 3.63) is 0 Å². The Balaban J connectivity index is 1.35. The zero-order chi connectivity index (χ0) is 76.1. The summed E-state index contributed by atoms with van der Waals surface area (Å²) < 4.78 is 77.1. The zero-order valence-electron chi connectivity index (χ0n) is 54.6. The van der Waals surface area contributed by atoms with E-state index in [2.05, 4.69) is 21.3 Å². The topological polar surface area (TPSA) is 736 Å². The standard InChI is InChI=1S/C56H92N4O42/c1-14(68)57-27-18(72)5-55(53(86)87,99-44(27)31(76)20(74)7-61)101-46-38(83)51(95-40-24(11-65)90-48(85)37(82)36(40)81)93-26(13-67)42(46)97-50-30(60-17(4)71)43(34(79)23(10-64)92-50)98-52-39(84)47(41(25(12-66)94-52)96-49-29(59-16(3)70)35(80)33(78)22(9-63)91-49)102-56(54(88)89)6-19(73)28(58-15(2)69)45(100-56)32(77)21(75)8-62/h18-52,61-67,72-85H,5-13H2,1-4H3,(H,57,68)(H,58,69)(H,59,70)(H,60,71)(H,86,87)(H,88,89)/t18-,19-,20+,21+,22+,23+,24+,25+,26+,27+,28+,29+,30+,31+,32+,33-,34-,35+,36+,37+,38+,39+,40+,41-,42-,43+,44+,45+,46+,47+,48+,49-,50-,51-,52-,55-,56-/m0/s1. The minimum atomic E-state index is -3.51. The molecule has 0 radical (unpaired) electrons. The first kappa shape index (κ1) is 84.7. The van der Waals surface area contributed by atoms with E-state index in [0.29, 0.717) is 0 Å². The van der Waals surface area contributed by atoms with E-state index in [0.717, 1.165) is 27.7 Å². The minimum absolute atomic E-state index is 0.827. The molecule has 7 aliphatic heterocycles. The van der Waals surface area contributed by atoms with Crippen LogP contribution in [0.25, 0.3) is 0 Å². The van der Waals surface area contributed by atoms with E-state index in [1.54, 1.807) is 0 Å². The molecule has 0 aromatic heterocycles. The van der Waals surface area contributed by atoms with Crippen molar-refractivity contribution in [3.63, 3.8) is 0 Å². The van der Waals surface area contributed by atoms with Crippen LogP contribution in [0.4, 0.5) is 0 Å². The molecule has 7 fully saturated rings. The van der Waals surface area contributed by atoms with E-state index < -0.39 is 321 Å². The fraction of sp³-hybridized carbons (Fsp3) is 0.893. The normalized spacial score (nSPS) is 44.6. The highest BCUT2D eigenvalue weighted by atomic mass is 16.8. The second kappa shape index (κ2) is 35.9. The monoisotopic (exact) mass is 1490 g/mol. The average molecular weight is 1490 g/mol. The van der Waals surface area contributed by atoms with Gasteiger partial charge in [0, 0.05) is 40.5 Å². The Hall–Kier alpha value is -4.54. The van der Waals surface area contributed by atoms with Gasteiger partial charge in [0.25, 0.3) is 11.6 Å². The summed E-state index contributed by atoms with van der Waals surface area (Å²) in [5.41, 5.74) is 0. The van der Waals surface area contributed by atoms with Crippen molar-refractivity contribution in [3.8, 4) is 0 Å². The minimum Gasteiger partial charge on any atom is -0.477 e.